The predicted molar refractivity (Wildman–Crippen MR) is 126 cm³/mol. The van der Waals surface area contributed by atoms with Crippen molar-refractivity contribution in [3.63, 3.8) is 0 Å². The minimum absolute atomic E-state index is 0. The minimum atomic E-state index is -0.493. The number of rotatable bonds is 6. The van der Waals surface area contributed by atoms with E-state index in [-0.39, 0.29) is 65.4 Å². The summed E-state index contributed by atoms with van der Waals surface area (Å²) in [6, 6.07) is 4.25. The smallest absolute Gasteiger partial charge is 0.223 e. The van der Waals surface area contributed by atoms with Gasteiger partial charge in [0.1, 0.15) is 11.6 Å². The van der Waals surface area contributed by atoms with E-state index in [1.165, 1.54) is 18.2 Å². The molecule has 0 saturated heterocycles. The minimum Gasteiger partial charge on any atom is -0.354 e. The Morgan fingerprint density at radius 3 is 2.50 bits per heavy atom. The van der Waals surface area contributed by atoms with Crippen LogP contribution in [0.15, 0.2) is 23.2 Å². The van der Waals surface area contributed by atoms with Crippen LogP contribution in [0.3, 0.4) is 0 Å². The number of nitrogens with zero attached hydrogens (tertiary/aromatic N) is 1. The molecule has 5 nitrogen and oxygen atoms in total. The SMILES string of the molecule is CCN=C(NC1CCCC(C(=O)NC(C)C)C1)NC1CC1c1c(F)cccc1F.I. The largest absolute Gasteiger partial charge is 0.354 e. The first kappa shape index (κ1) is 24.8. The zero-order chi connectivity index (χ0) is 21.0. The Morgan fingerprint density at radius 2 is 1.87 bits per heavy atom. The molecular formula is C22H33F2IN4O. The molecule has 0 radical (unpaired) electrons. The molecule has 2 aliphatic carbocycles. The zero-order valence-corrected chi connectivity index (χ0v) is 20.2. The maximum Gasteiger partial charge on any atom is 0.223 e. The molecular weight excluding hydrogens is 501 g/mol. The summed E-state index contributed by atoms with van der Waals surface area (Å²) in [6.07, 6.45) is 4.30. The van der Waals surface area contributed by atoms with Gasteiger partial charge in [0.25, 0.3) is 0 Å². The molecule has 8 heteroatoms. The van der Waals surface area contributed by atoms with Crippen molar-refractivity contribution in [3.05, 3.63) is 35.4 Å². The van der Waals surface area contributed by atoms with Gasteiger partial charge < -0.3 is 16.0 Å². The molecule has 0 bridgehead atoms. The lowest BCUT2D eigenvalue weighted by molar-refractivity contribution is -0.126. The number of carbonyl (C=O) groups is 1. The molecule has 0 aliphatic heterocycles. The van der Waals surface area contributed by atoms with E-state index in [2.05, 4.69) is 20.9 Å². The molecule has 1 amide bonds. The summed E-state index contributed by atoms with van der Waals surface area (Å²) in [6.45, 7) is 6.49. The molecule has 30 heavy (non-hydrogen) atoms. The summed E-state index contributed by atoms with van der Waals surface area (Å²) in [4.78, 5) is 16.9. The molecule has 168 valence electrons. The van der Waals surface area contributed by atoms with Crippen molar-refractivity contribution >= 4 is 35.8 Å². The molecule has 3 N–H and O–H groups in total. The van der Waals surface area contributed by atoms with E-state index in [0.717, 1.165) is 25.7 Å². The van der Waals surface area contributed by atoms with Gasteiger partial charge in [0, 0.05) is 42.1 Å². The summed E-state index contributed by atoms with van der Waals surface area (Å²) in [5, 5.41) is 9.77. The summed E-state index contributed by atoms with van der Waals surface area (Å²) >= 11 is 0. The van der Waals surface area contributed by atoms with Crippen molar-refractivity contribution in [3.8, 4) is 0 Å². The third-order valence-electron chi connectivity index (χ3n) is 5.62. The lowest BCUT2D eigenvalue weighted by Gasteiger charge is -2.30. The van der Waals surface area contributed by atoms with E-state index >= 15 is 0 Å². The highest BCUT2D eigenvalue weighted by Gasteiger charge is 2.42. The average Bonchev–Trinajstić information content (AvgIpc) is 3.40. The molecule has 2 aliphatic rings. The first-order valence-electron chi connectivity index (χ1n) is 10.7. The normalized spacial score (nSPS) is 26.0. The first-order chi connectivity index (χ1) is 13.9. The number of nitrogens with one attached hydrogen (secondary N) is 3. The third kappa shape index (κ3) is 6.52. The lowest BCUT2D eigenvalue weighted by atomic mass is 9.85. The Hall–Kier alpha value is -1.45. The second-order valence-corrected chi connectivity index (χ2v) is 8.42. The second-order valence-electron chi connectivity index (χ2n) is 8.42. The highest BCUT2D eigenvalue weighted by atomic mass is 127. The highest BCUT2D eigenvalue weighted by Crippen LogP contribution is 2.43. The number of halogens is 3. The number of benzene rings is 1. The molecule has 2 saturated carbocycles. The number of hydrogen-bond acceptors (Lipinski definition) is 2. The first-order valence-corrected chi connectivity index (χ1v) is 10.7. The number of amides is 1. The van der Waals surface area contributed by atoms with Crippen molar-refractivity contribution in [2.45, 2.75) is 76.9 Å². The van der Waals surface area contributed by atoms with Crippen LogP contribution in [0.5, 0.6) is 0 Å². The van der Waals surface area contributed by atoms with Crippen LogP contribution in [0.2, 0.25) is 0 Å². The van der Waals surface area contributed by atoms with Gasteiger partial charge in [0.15, 0.2) is 5.96 Å². The zero-order valence-electron chi connectivity index (χ0n) is 17.9. The summed E-state index contributed by atoms with van der Waals surface area (Å²) in [5.74, 6) is -0.388. The molecule has 3 rings (SSSR count). The molecule has 0 heterocycles. The van der Waals surface area contributed by atoms with Gasteiger partial charge in [-0.1, -0.05) is 12.5 Å². The molecule has 4 atom stereocenters. The van der Waals surface area contributed by atoms with Crippen LogP contribution in [0.1, 0.15) is 64.4 Å². The molecule has 0 spiro atoms. The highest BCUT2D eigenvalue weighted by molar-refractivity contribution is 14.0. The van der Waals surface area contributed by atoms with E-state index in [1.807, 2.05) is 20.8 Å². The third-order valence-corrected chi connectivity index (χ3v) is 5.62. The van der Waals surface area contributed by atoms with Crippen LogP contribution in [-0.2, 0) is 4.79 Å². The Bertz CT molecular complexity index is 738. The predicted octanol–water partition coefficient (Wildman–Crippen LogP) is 4.08. The van der Waals surface area contributed by atoms with E-state index in [0.29, 0.717) is 18.9 Å². The molecule has 0 aromatic heterocycles. The topological polar surface area (TPSA) is 65.5 Å². The molecule has 1 aromatic carbocycles. The van der Waals surface area contributed by atoms with Crippen molar-refractivity contribution < 1.29 is 13.6 Å². The van der Waals surface area contributed by atoms with Crippen molar-refractivity contribution in [2.24, 2.45) is 10.9 Å². The van der Waals surface area contributed by atoms with Gasteiger partial charge in [0.2, 0.25) is 5.91 Å². The monoisotopic (exact) mass is 534 g/mol. The standard InChI is InChI=1S/C22H32F2N4O.HI/c1-4-25-22(27-15-8-5-7-14(11-15)21(29)26-13(2)3)28-19-12-16(19)20-17(23)9-6-10-18(20)24;/h6,9-10,13-16,19H,4-5,7-8,11-12H2,1-3H3,(H,26,29)(H2,25,27,28);1H. The van der Waals surface area contributed by atoms with E-state index in [9.17, 15) is 13.6 Å². The van der Waals surface area contributed by atoms with E-state index in [1.54, 1.807) is 0 Å². The van der Waals surface area contributed by atoms with Gasteiger partial charge in [0.05, 0.1) is 0 Å². The van der Waals surface area contributed by atoms with Crippen LogP contribution < -0.4 is 16.0 Å². The Morgan fingerprint density at radius 1 is 1.17 bits per heavy atom. The van der Waals surface area contributed by atoms with Crippen molar-refractivity contribution in [2.75, 3.05) is 6.54 Å². The van der Waals surface area contributed by atoms with Crippen LogP contribution in [0.25, 0.3) is 0 Å². The average molecular weight is 534 g/mol. The quantitative estimate of drug-likeness (QED) is 0.293. The van der Waals surface area contributed by atoms with E-state index < -0.39 is 11.6 Å². The maximum atomic E-state index is 14.0. The number of carbonyl (C=O) groups excluding carboxylic acids is 1. The Labute approximate surface area is 194 Å². The maximum absolute atomic E-state index is 14.0. The summed E-state index contributed by atoms with van der Waals surface area (Å²) in [5.41, 5.74) is 0.156. The van der Waals surface area contributed by atoms with Gasteiger partial charge in [-0.3, -0.25) is 9.79 Å². The van der Waals surface area contributed by atoms with E-state index in [4.69, 9.17) is 0 Å². The number of hydrogen-bond donors (Lipinski definition) is 3. The number of guanidine groups is 1. The summed E-state index contributed by atoms with van der Waals surface area (Å²) in [7, 11) is 0. The molecule has 2 fully saturated rings. The Kier molecular flexibility index (Phi) is 9.31. The van der Waals surface area contributed by atoms with Crippen LogP contribution in [0, 0.1) is 17.6 Å². The van der Waals surface area contributed by atoms with Gasteiger partial charge in [-0.2, -0.15) is 0 Å². The van der Waals surface area contributed by atoms with Crippen molar-refractivity contribution in [1.82, 2.24) is 16.0 Å². The second kappa shape index (κ2) is 11.2. The van der Waals surface area contributed by atoms with Gasteiger partial charge in [-0.05, 0) is 58.6 Å². The fraction of sp³-hybridized carbons (Fsp3) is 0.636. The van der Waals surface area contributed by atoms with Crippen LogP contribution in [-0.4, -0.2) is 36.5 Å². The van der Waals surface area contributed by atoms with Gasteiger partial charge >= 0.3 is 0 Å². The van der Waals surface area contributed by atoms with Crippen molar-refractivity contribution in [1.29, 1.82) is 0 Å². The van der Waals surface area contributed by atoms with Gasteiger partial charge in [-0.15, -0.1) is 24.0 Å². The number of aliphatic imine (C=N–C) groups is 1. The summed E-state index contributed by atoms with van der Waals surface area (Å²) < 4.78 is 28.1. The fourth-order valence-corrected chi connectivity index (χ4v) is 4.16. The fourth-order valence-electron chi connectivity index (χ4n) is 4.16. The van der Waals surface area contributed by atoms with Crippen LogP contribution >= 0.6 is 24.0 Å². The molecule has 1 aromatic rings. The lowest BCUT2D eigenvalue weighted by Crippen LogP contribution is -2.48. The molecule has 4 unspecified atom stereocenters. The Balaban J connectivity index is 0.00000320. The van der Waals surface area contributed by atoms with Gasteiger partial charge in [-0.25, -0.2) is 8.78 Å². The van der Waals surface area contributed by atoms with Crippen LogP contribution in [0.4, 0.5) is 8.78 Å².